The quantitative estimate of drug-likeness (QED) is 0.360. The maximum Gasteiger partial charge on any atom is 0.229 e. The van der Waals surface area contributed by atoms with Crippen molar-refractivity contribution in [1.82, 2.24) is 35.1 Å². The highest BCUT2D eigenvalue weighted by atomic mass is 19.1. The third-order valence-electron chi connectivity index (χ3n) is 7.60. The van der Waals surface area contributed by atoms with Crippen molar-refractivity contribution >= 4 is 17.5 Å². The number of rotatable bonds is 11. The van der Waals surface area contributed by atoms with Crippen LogP contribution in [0.25, 0.3) is 5.69 Å². The van der Waals surface area contributed by atoms with E-state index in [2.05, 4.69) is 61.8 Å². The summed E-state index contributed by atoms with van der Waals surface area (Å²) in [7, 11) is 3.17. The van der Waals surface area contributed by atoms with Crippen LogP contribution in [0.4, 0.5) is 21.8 Å². The van der Waals surface area contributed by atoms with Crippen LogP contribution in [0.2, 0.25) is 0 Å². The van der Waals surface area contributed by atoms with Crippen LogP contribution in [-0.2, 0) is 15.1 Å². The van der Waals surface area contributed by atoms with Gasteiger partial charge < -0.3 is 24.8 Å². The maximum absolute atomic E-state index is 14.8. The van der Waals surface area contributed by atoms with Crippen LogP contribution < -0.4 is 15.4 Å². The Labute approximate surface area is 233 Å². The average Bonchev–Trinajstić information content (AvgIpc) is 3.42. The van der Waals surface area contributed by atoms with Crippen molar-refractivity contribution in [2.75, 3.05) is 51.2 Å². The van der Waals surface area contributed by atoms with E-state index in [0.717, 1.165) is 25.9 Å². The number of halogens is 1. The molecule has 0 amide bonds. The van der Waals surface area contributed by atoms with Crippen molar-refractivity contribution in [2.24, 2.45) is 0 Å². The number of ether oxygens (including phenoxy) is 3. The van der Waals surface area contributed by atoms with Gasteiger partial charge in [-0.2, -0.15) is 9.67 Å². The summed E-state index contributed by atoms with van der Waals surface area (Å²) in [6, 6.07) is 5.57. The number of fused-ring (bicyclic) bond motifs is 3. The van der Waals surface area contributed by atoms with Crippen LogP contribution in [0.1, 0.15) is 52.3 Å². The molecular formula is C27H38FN9O3. The van der Waals surface area contributed by atoms with Gasteiger partial charge in [0, 0.05) is 38.0 Å². The topological polar surface area (TPSA) is 124 Å². The average molecular weight is 556 g/mol. The first-order valence-electron chi connectivity index (χ1n) is 13.7. The number of benzene rings is 1. The molecule has 1 fully saturated rings. The molecule has 0 bridgehead atoms. The van der Waals surface area contributed by atoms with E-state index < -0.39 is 11.4 Å². The fourth-order valence-electron chi connectivity index (χ4n) is 5.62. The lowest BCUT2D eigenvalue weighted by Gasteiger charge is -2.46. The van der Waals surface area contributed by atoms with Gasteiger partial charge in [-0.1, -0.05) is 13.3 Å². The highest BCUT2D eigenvalue weighted by Crippen LogP contribution is 2.39. The second-order valence-corrected chi connectivity index (χ2v) is 11.1. The van der Waals surface area contributed by atoms with Gasteiger partial charge >= 0.3 is 0 Å². The van der Waals surface area contributed by atoms with Gasteiger partial charge in [0.05, 0.1) is 19.4 Å². The van der Waals surface area contributed by atoms with Gasteiger partial charge in [-0.3, -0.25) is 4.90 Å². The molecule has 4 heterocycles. The summed E-state index contributed by atoms with van der Waals surface area (Å²) in [6.45, 7) is 9.18. The minimum Gasteiger partial charge on any atom is -0.472 e. The third-order valence-corrected chi connectivity index (χ3v) is 7.60. The summed E-state index contributed by atoms with van der Waals surface area (Å²) in [5, 5.41) is 18.7. The van der Waals surface area contributed by atoms with Gasteiger partial charge in [-0.15, -0.1) is 5.10 Å². The highest BCUT2D eigenvalue weighted by Gasteiger charge is 2.45. The van der Waals surface area contributed by atoms with Crippen molar-refractivity contribution in [3.63, 3.8) is 0 Å². The van der Waals surface area contributed by atoms with E-state index in [-0.39, 0.29) is 36.6 Å². The molecule has 0 aliphatic carbocycles. The Morgan fingerprint density at radius 3 is 2.73 bits per heavy atom. The van der Waals surface area contributed by atoms with Crippen molar-refractivity contribution in [1.29, 1.82) is 0 Å². The maximum atomic E-state index is 14.8. The van der Waals surface area contributed by atoms with E-state index in [1.807, 2.05) is 12.1 Å². The van der Waals surface area contributed by atoms with E-state index in [0.29, 0.717) is 22.9 Å². The third kappa shape index (κ3) is 5.58. The standard InChI is InChI=1S/C27H38FN9O3/c1-6-7-11-36-12-10-19(14-26(36,2)3)30-23-20(28)15-29-25(32-23)31-18-8-9-22-21(13-18)37-24(33-34-35-37)27(40-22,16-38-4)17-39-5/h8-9,13,15,19H,6-7,10-12,14,16-17H2,1-5H3,(H2,29,30,31,32)/t19-/m1/s1. The Balaban J connectivity index is 1.32. The van der Waals surface area contributed by atoms with Gasteiger partial charge in [-0.05, 0) is 68.3 Å². The SMILES string of the molecule is CCCCN1CC[C@@H](Nc2nc(Nc3ccc4c(c3)-n3nnnc3C(COC)(COC)O4)ncc2F)CC1(C)C. The lowest BCUT2D eigenvalue weighted by molar-refractivity contribution is -0.0748. The predicted octanol–water partition coefficient (Wildman–Crippen LogP) is 3.67. The number of tetrazole rings is 1. The number of anilines is 3. The number of nitrogens with one attached hydrogen (secondary N) is 2. The summed E-state index contributed by atoms with van der Waals surface area (Å²) in [5.74, 6) is 1.00. The van der Waals surface area contributed by atoms with Gasteiger partial charge in [0.1, 0.15) is 11.4 Å². The molecule has 12 nitrogen and oxygen atoms in total. The normalized spacial score (nSPS) is 19.4. The molecule has 1 atom stereocenters. The van der Waals surface area contributed by atoms with Crippen LogP contribution in [0, 0.1) is 5.82 Å². The molecular weight excluding hydrogens is 517 g/mol. The first-order chi connectivity index (χ1) is 19.3. The van der Waals surface area contributed by atoms with E-state index in [9.17, 15) is 4.39 Å². The Morgan fingerprint density at radius 2 is 2.00 bits per heavy atom. The number of nitrogens with zero attached hydrogens (tertiary/aromatic N) is 7. The number of methoxy groups -OCH3 is 2. The van der Waals surface area contributed by atoms with E-state index in [1.165, 1.54) is 19.0 Å². The lowest BCUT2D eigenvalue weighted by atomic mass is 9.86. The molecule has 13 heteroatoms. The molecule has 0 saturated carbocycles. The Kier molecular flexibility index (Phi) is 8.15. The number of likely N-dealkylation sites (tertiary alicyclic amines) is 1. The second kappa shape index (κ2) is 11.6. The van der Waals surface area contributed by atoms with E-state index in [4.69, 9.17) is 14.2 Å². The van der Waals surface area contributed by atoms with Crippen LogP contribution >= 0.6 is 0 Å². The summed E-state index contributed by atoms with van der Waals surface area (Å²) < 4.78 is 33.5. The van der Waals surface area contributed by atoms with Crippen molar-refractivity contribution in [3.8, 4) is 11.4 Å². The summed E-state index contributed by atoms with van der Waals surface area (Å²) in [4.78, 5) is 11.2. The summed E-state index contributed by atoms with van der Waals surface area (Å²) in [5.41, 5.74) is 0.333. The zero-order chi connectivity index (χ0) is 28.3. The summed E-state index contributed by atoms with van der Waals surface area (Å²) >= 11 is 0. The molecule has 0 spiro atoms. The minimum atomic E-state index is -0.990. The first kappa shape index (κ1) is 28.1. The molecule has 40 heavy (non-hydrogen) atoms. The zero-order valence-electron chi connectivity index (χ0n) is 23.8. The largest absolute Gasteiger partial charge is 0.472 e. The number of hydrogen-bond donors (Lipinski definition) is 2. The van der Waals surface area contributed by atoms with Crippen molar-refractivity contribution < 1.29 is 18.6 Å². The second-order valence-electron chi connectivity index (χ2n) is 11.1. The Bertz CT molecular complexity index is 1310. The fourth-order valence-corrected chi connectivity index (χ4v) is 5.62. The van der Waals surface area contributed by atoms with E-state index in [1.54, 1.807) is 25.0 Å². The number of piperidine rings is 1. The molecule has 0 radical (unpaired) electrons. The lowest BCUT2D eigenvalue weighted by Crippen LogP contribution is -2.53. The summed E-state index contributed by atoms with van der Waals surface area (Å²) in [6.07, 6.45) is 5.36. The molecule has 1 saturated heterocycles. The zero-order valence-corrected chi connectivity index (χ0v) is 23.8. The van der Waals surface area contributed by atoms with Crippen LogP contribution in [-0.4, -0.2) is 87.2 Å². The van der Waals surface area contributed by atoms with Gasteiger partial charge in [0.25, 0.3) is 0 Å². The number of unbranched alkanes of at least 4 members (excludes halogenated alkanes) is 1. The van der Waals surface area contributed by atoms with Gasteiger partial charge in [0.2, 0.25) is 17.4 Å². The monoisotopic (exact) mass is 555 g/mol. The predicted molar refractivity (Wildman–Crippen MR) is 148 cm³/mol. The highest BCUT2D eigenvalue weighted by molar-refractivity contribution is 5.63. The first-order valence-corrected chi connectivity index (χ1v) is 13.7. The minimum absolute atomic E-state index is 0.0278. The fraction of sp³-hybridized carbons (Fsp3) is 0.593. The Hall–Kier alpha value is -3.42. The number of hydrogen-bond acceptors (Lipinski definition) is 11. The molecule has 2 aromatic heterocycles. The Morgan fingerprint density at radius 1 is 1.20 bits per heavy atom. The molecule has 0 unspecified atom stereocenters. The molecule has 2 aliphatic rings. The van der Waals surface area contributed by atoms with Crippen LogP contribution in [0.3, 0.4) is 0 Å². The van der Waals surface area contributed by atoms with Crippen LogP contribution in [0.15, 0.2) is 24.4 Å². The van der Waals surface area contributed by atoms with Crippen molar-refractivity contribution in [3.05, 3.63) is 36.0 Å². The molecule has 1 aromatic carbocycles. The van der Waals surface area contributed by atoms with Crippen molar-refractivity contribution in [2.45, 2.75) is 63.6 Å². The molecule has 5 rings (SSSR count). The van der Waals surface area contributed by atoms with Gasteiger partial charge in [-0.25, -0.2) is 9.37 Å². The van der Waals surface area contributed by atoms with Crippen LogP contribution in [0.5, 0.6) is 5.75 Å². The smallest absolute Gasteiger partial charge is 0.229 e. The molecule has 2 N–H and O–H groups in total. The molecule has 2 aliphatic heterocycles. The number of aromatic nitrogens is 6. The molecule has 216 valence electrons. The van der Waals surface area contributed by atoms with Gasteiger partial charge in [0.15, 0.2) is 11.6 Å². The van der Waals surface area contributed by atoms with E-state index >= 15 is 0 Å². The molecule has 3 aromatic rings.